The van der Waals surface area contributed by atoms with E-state index in [9.17, 15) is 14.7 Å². The topological polar surface area (TPSA) is 66.8 Å². The molecule has 2 rings (SSSR count). The van der Waals surface area contributed by atoms with Crippen LogP contribution in [0.3, 0.4) is 0 Å². The summed E-state index contributed by atoms with van der Waals surface area (Å²) in [5.74, 6) is -0.222. The maximum Gasteiger partial charge on any atom is 0.410 e. The van der Waals surface area contributed by atoms with E-state index in [0.29, 0.717) is 19.5 Å². The first-order valence-electron chi connectivity index (χ1n) is 6.58. The molecule has 0 aliphatic carbocycles. The summed E-state index contributed by atoms with van der Waals surface area (Å²) in [7, 11) is 0. The van der Waals surface area contributed by atoms with Gasteiger partial charge in [0.05, 0.1) is 5.92 Å². The van der Waals surface area contributed by atoms with Crippen LogP contribution >= 0.6 is 11.8 Å². The van der Waals surface area contributed by atoms with Crippen LogP contribution in [-0.2, 0) is 9.53 Å². The first-order chi connectivity index (χ1) is 8.73. The van der Waals surface area contributed by atoms with Crippen LogP contribution < -0.4 is 0 Å². The molecule has 2 saturated heterocycles. The minimum Gasteiger partial charge on any atom is -0.481 e. The SMILES string of the molecule is CC(C)(C)OC(=O)N1CC[C@@]2(C1)SCC[C@@H]2C(=O)O. The average molecular weight is 287 g/mol. The van der Waals surface area contributed by atoms with Crippen molar-refractivity contribution in [3.8, 4) is 0 Å². The third kappa shape index (κ3) is 2.99. The zero-order valence-electron chi connectivity index (χ0n) is 11.6. The second-order valence-electron chi connectivity index (χ2n) is 6.24. The number of hydrogen-bond acceptors (Lipinski definition) is 4. The molecular formula is C13H21NO4S. The van der Waals surface area contributed by atoms with Gasteiger partial charge in [0, 0.05) is 17.8 Å². The number of aliphatic carboxylic acids is 1. The Bertz CT molecular complexity index is 393. The Balaban J connectivity index is 2.03. The summed E-state index contributed by atoms with van der Waals surface area (Å²) in [6.45, 7) is 6.58. The predicted molar refractivity (Wildman–Crippen MR) is 73.4 cm³/mol. The molecule has 0 radical (unpaired) electrons. The molecule has 1 N–H and O–H groups in total. The molecule has 0 aromatic heterocycles. The Morgan fingerprint density at radius 3 is 2.68 bits per heavy atom. The van der Waals surface area contributed by atoms with Gasteiger partial charge >= 0.3 is 12.1 Å². The molecule has 2 atom stereocenters. The van der Waals surface area contributed by atoms with E-state index in [1.807, 2.05) is 20.8 Å². The Labute approximate surface area is 117 Å². The summed E-state index contributed by atoms with van der Waals surface area (Å²) >= 11 is 1.70. The lowest BCUT2D eigenvalue weighted by molar-refractivity contribution is -0.142. The Morgan fingerprint density at radius 2 is 2.11 bits per heavy atom. The van der Waals surface area contributed by atoms with Gasteiger partial charge in [-0.2, -0.15) is 11.8 Å². The van der Waals surface area contributed by atoms with E-state index < -0.39 is 11.6 Å². The number of nitrogens with zero attached hydrogens (tertiary/aromatic N) is 1. The number of carbonyl (C=O) groups excluding carboxylic acids is 1. The highest BCUT2D eigenvalue weighted by Gasteiger charge is 2.52. The van der Waals surface area contributed by atoms with Crippen molar-refractivity contribution in [3.63, 3.8) is 0 Å². The van der Waals surface area contributed by atoms with Crippen LogP contribution in [0.1, 0.15) is 33.6 Å². The fraction of sp³-hybridized carbons (Fsp3) is 0.846. The molecule has 6 heteroatoms. The normalized spacial score (nSPS) is 30.9. The van der Waals surface area contributed by atoms with E-state index in [2.05, 4.69) is 0 Å². The van der Waals surface area contributed by atoms with Crippen molar-refractivity contribution >= 4 is 23.8 Å². The molecule has 1 amide bonds. The van der Waals surface area contributed by atoms with Gasteiger partial charge in [0.1, 0.15) is 5.60 Å². The van der Waals surface area contributed by atoms with E-state index >= 15 is 0 Å². The minimum absolute atomic E-state index is 0.303. The monoisotopic (exact) mass is 287 g/mol. The van der Waals surface area contributed by atoms with Crippen LogP contribution in [0, 0.1) is 5.92 Å². The highest BCUT2D eigenvalue weighted by molar-refractivity contribution is 8.01. The van der Waals surface area contributed by atoms with Gasteiger partial charge in [0.15, 0.2) is 0 Å². The maximum absolute atomic E-state index is 12.0. The molecule has 19 heavy (non-hydrogen) atoms. The van der Waals surface area contributed by atoms with Crippen molar-refractivity contribution < 1.29 is 19.4 Å². The molecule has 0 bridgehead atoms. The minimum atomic E-state index is -0.740. The summed E-state index contributed by atoms with van der Waals surface area (Å²) < 4.78 is 5.05. The maximum atomic E-state index is 12.0. The molecular weight excluding hydrogens is 266 g/mol. The van der Waals surface area contributed by atoms with Gasteiger partial charge in [0.2, 0.25) is 0 Å². The summed E-state index contributed by atoms with van der Waals surface area (Å²) in [6, 6.07) is 0. The summed E-state index contributed by atoms with van der Waals surface area (Å²) in [5.41, 5.74) is -0.512. The molecule has 0 saturated carbocycles. The number of ether oxygens (including phenoxy) is 1. The lowest BCUT2D eigenvalue weighted by Crippen LogP contribution is -2.41. The molecule has 0 aromatic carbocycles. The zero-order chi connectivity index (χ0) is 14.3. The van der Waals surface area contributed by atoms with Crippen LogP contribution in [0.15, 0.2) is 0 Å². The molecule has 0 unspecified atom stereocenters. The molecule has 1 spiro atoms. The fourth-order valence-corrected chi connectivity index (χ4v) is 4.44. The predicted octanol–water partition coefficient (Wildman–Crippen LogP) is 2.20. The first-order valence-corrected chi connectivity index (χ1v) is 7.57. The van der Waals surface area contributed by atoms with Crippen LogP contribution in [0.2, 0.25) is 0 Å². The smallest absolute Gasteiger partial charge is 0.410 e. The van der Waals surface area contributed by atoms with Crippen molar-refractivity contribution in [3.05, 3.63) is 0 Å². The van der Waals surface area contributed by atoms with E-state index in [4.69, 9.17) is 4.74 Å². The van der Waals surface area contributed by atoms with Crippen LogP contribution in [-0.4, -0.2) is 51.3 Å². The lowest BCUT2D eigenvalue weighted by atomic mass is 9.89. The molecule has 108 valence electrons. The average Bonchev–Trinajstić information content (AvgIpc) is 2.84. The van der Waals surface area contributed by atoms with E-state index in [1.165, 1.54) is 0 Å². The number of carboxylic acid groups (broad SMARTS) is 1. The van der Waals surface area contributed by atoms with Crippen LogP contribution in [0.5, 0.6) is 0 Å². The number of carboxylic acids is 1. The number of thioether (sulfide) groups is 1. The van der Waals surface area contributed by atoms with Gasteiger partial charge in [-0.1, -0.05) is 0 Å². The van der Waals surface area contributed by atoms with Gasteiger partial charge in [-0.25, -0.2) is 4.79 Å². The number of amides is 1. The summed E-state index contributed by atoms with van der Waals surface area (Å²) in [6.07, 6.45) is 1.11. The second kappa shape index (κ2) is 4.89. The van der Waals surface area contributed by atoms with Gasteiger partial charge in [-0.15, -0.1) is 0 Å². The molecule has 2 aliphatic rings. The Kier molecular flexibility index (Phi) is 3.73. The molecule has 2 heterocycles. The summed E-state index contributed by atoms with van der Waals surface area (Å²) in [5, 5.41) is 9.30. The summed E-state index contributed by atoms with van der Waals surface area (Å²) in [4.78, 5) is 25.0. The van der Waals surface area contributed by atoms with Gasteiger partial charge < -0.3 is 14.7 Å². The second-order valence-corrected chi connectivity index (χ2v) is 7.75. The third-order valence-corrected chi connectivity index (χ3v) is 5.28. The van der Waals surface area contributed by atoms with Crippen molar-refractivity contribution in [2.24, 2.45) is 5.92 Å². The van der Waals surface area contributed by atoms with Gasteiger partial charge in [-0.05, 0) is 39.4 Å². The number of likely N-dealkylation sites (tertiary alicyclic amines) is 1. The van der Waals surface area contributed by atoms with Gasteiger partial charge in [-0.3, -0.25) is 4.79 Å². The molecule has 2 aliphatic heterocycles. The van der Waals surface area contributed by atoms with Crippen molar-refractivity contribution in [2.75, 3.05) is 18.8 Å². The van der Waals surface area contributed by atoms with Crippen LogP contribution in [0.25, 0.3) is 0 Å². The van der Waals surface area contributed by atoms with Crippen molar-refractivity contribution in [2.45, 2.75) is 44.0 Å². The van der Waals surface area contributed by atoms with Crippen molar-refractivity contribution in [1.29, 1.82) is 0 Å². The van der Waals surface area contributed by atoms with E-state index in [0.717, 1.165) is 12.2 Å². The lowest BCUT2D eigenvalue weighted by Gasteiger charge is -2.28. The highest BCUT2D eigenvalue weighted by Crippen LogP contribution is 2.49. The Morgan fingerprint density at radius 1 is 1.42 bits per heavy atom. The molecule has 2 fully saturated rings. The quantitative estimate of drug-likeness (QED) is 0.801. The third-order valence-electron chi connectivity index (χ3n) is 3.64. The largest absolute Gasteiger partial charge is 0.481 e. The fourth-order valence-electron chi connectivity index (χ4n) is 2.78. The first kappa shape index (κ1) is 14.5. The highest BCUT2D eigenvalue weighted by atomic mass is 32.2. The number of hydrogen-bond donors (Lipinski definition) is 1. The number of carbonyl (C=O) groups is 2. The molecule has 0 aromatic rings. The van der Waals surface area contributed by atoms with Crippen molar-refractivity contribution in [1.82, 2.24) is 4.90 Å². The van der Waals surface area contributed by atoms with E-state index in [-0.39, 0.29) is 16.8 Å². The standard InChI is InChI=1S/C13H21NO4S/c1-12(2,3)18-11(17)14-6-5-13(8-14)9(10(15)16)4-7-19-13/h9H,4-8H2,1-3H3,(H,15,16)/t9-,13+/m1/s1. The van der Waals surface area contributed by atoms with Crippen LogP contribution in [0.4, 0.5) is 4.79 Å². The molecule has 5 nitrogen and oxygen atoms in total. The van der Waals surface area contributed by atoms with Gasteiger partial charge in [0.25, 0.3) is 0 Å². The van der Waals surface area contributed by atoms with E-state index in [1.54, 1.807) is 16.7 Å². The number of rotatable bonds is 1. The zero-order valence-corrected chi connectivity index (χ0v) is 12.5. The Hall–Kier alpha value is -0.910.